The Hall–Kier alpha value is -1.63. The highest BCUT2D eigenvalue weighted by Crippen LogP contribution is 2.38. The Balaban J connectivity index is 2.63. The number of esters is 2. The molecule has 0 radical (unpaired) electrons. The minimum absolute atomic E-state index is 0.0869. The average molecular weight is 776 g/mol. The summed E-state index contributed by atoms with van der Waals surface area (Å²) in [5.74, 6) is -1.76. The molecule has 1 aliphatic carbocycles. The Labute approximate surface area is 320 Å². The van der Waals surface area contributed by atoms with Crippen molar-refractivity contribution in [2.24, 2.45) is 11.8 Å². The Morgan fingerprint density at radius 2 is 1.43 bits per heavy atom. The lowest BCUT2D eigenvalue weighted by atomic mass is 9.89. The van der Waals surface area contributed by atoms with Gasteiger partial charge in [-0.1, -0.05) is 122 Å². The number of hydrogen-bond donors (Lipinski definition) is 3. The van der Waals surface area contributed by atoms with Crippen LogP contribution in [0, 0.1) is 11.8 Å². The first-order chi connectivity index (χ1) is 25.2. The number of likely N-dealkylation sites (N-methyl/N-ethyl adjacent to an activating group) is 1. The van der Waals surface area contributed by atoms with Crippen LogP contribution in [0.5, 0.6) is 0 Å². The molecule has 0 heterocycles. The van der Waals surface area contributed by atoms with Crippen molar-refractivity contribution in [3.63, 3.8) is 0 Å². The number of aliphatic hydroxyl groups excluding tert-OH is 3. The predicted molar refractivity (Wildman–Crippen MR) is 206 cm³/mol. The maximum absolute atomic E-state index is 12.8. The van der Waals surface area contributed by atoms with E-state index >= 15 is 0 Å². The normalized spacial score (nSPS) is 21.6. The van der Waals surface area contributed by atoms with Crippen molar-refractivity contribution in [2.45, 2.75) is 160 Å². The van der Waals surface area contributed by atoms with Crippen LogP contribution in [-0.4, -0.2) is 104 Å². The minimum atomic E-state index is -4.71. The molecule has 0 aliphatic heterocycles. The molecule has 1 saturated carbocycles. The highest BCUT2D eigenvalue weighted by Gasteiger charge is 2.39. The monoisotopic (exact) mass is 775 g/mol. The van der Waals surface area contributed by atoms with Gasteiger partial charge < -0.3 is 43.2 Å². The Morgan fingerprint density at radius 3 is 2.06 bits per heavy atom. The molecule has 0 aromatic heterocycles. The summed E-state index contributed by atoms with van der Waals surface area (Å²) in [7, 11) is 0.971. The highest BCUT2D eigenvalue weighted by molar-refractivity contribution is 7.45. The van der Waals surface area contributed by atoms with Gasteiger partial charge in [0.1, 0.15) is 19.8 Å². The minimum Gasteiger partial charge on any atom is -0.756 e. The van der Waals surface area contributed by atoms with Crippen molar-refractivity contribution in [1.82, 2.24) is 0 Å². The van der Waals surface area contributed by atoms with Crippen molar-refractivity contribution in [2.75, 3.05) is 47.5 Å². The Morgan fingerprint density at radius 1 is 0.830 bits per heavy atom. The number of nitrogens with zero attached hydrogens (tertiary/aromatic N) is 1. The molecule has 1 fully saturated rings. The van der Waals surface area contributed by atoms with Crippen LogP contribution in [0.1, 0.15) is 136 Å². The number of allylic oxidation sites excluding steroid dienone is 1. The second-order valence-corrected chi connectivity index (χ2v) is 17.1. The van der Waals surface area contributed by atoms with Gasteiger partial charge >= 0.3 is 11.9 Å². The number of carbonyl (C=O) groups is 2. The summed E-state index contributed by atoms with van der Waals surface area (Å²) in [5.41, 5.74) is 0. The van der Waals surface area contributed by atoms with Crippen LogP contribution in [0.15, 0.2) is 24.3 Å². The molecule has 0 spiro atoms. The number of rotatable bonds is 32. The first-order valence-corrected chi connectivity index (χ1v) is 21.8. The lowest BCUT2D eigenvalue weighted by molar-refractivity contribution is -0.870. The molecule has 1 unspecified atom stereocenters. The second kappa shape index (κ2) is 28.7. The fourth-order valence-electron chi connectivity index (χ4n) is 6.28. The number of phosphoric acid groups is 1. The van der Waals surface area contributed by atoms with Gasteiger partial charge in [-0.15, -0.1) is 0 Å². The highest BCUT2D eigenvalue weighted by atomic mass is 31.2. The van der Waals surface area contributed by atoms with E-state index in [1.807, 2.05) is 21.1 Å². The summed E-state index contributed by atoms with van der Waals surface area (Å²) in [6.07, 6.45) is 20.6. The van der Waals surface area contributed by atoms with E-state index in [1.165, 1.54) is 44.9 Å². The zero-order valence-electron chi connectivity index (χ0n) is 33.5. The van der Waals surface area contributed by atoms with Crippen LogP contribution in [0.25, 0.3) is 0 Å². The molecule has 0 aromatic rings. The summed E-state index contributed by atoms with van der Waals surface area (Å²) in [4.78, 5) is 37.6. The van der Waals surface area contributed by atoms with Crippen LogP contribution in [0.3, 0.4) is 0 Å². The number of phosphoric ester groups is 1. The van der Waals surface area contributed by atoms with Crippen molar-refractivity contribution in [3.05, 3.63) is 24.3 Å². The summed E-state index contributed by atoms with van der Waals surface area (Å²) < 4.78 is 33.7. The smallest absolute Gasteiger partial charge is 0.310 e. The lowest BCUT2D eigenvalue weighted by Crippen LogP contribution is -2.37. The van der Waals surface area contributed by atoms with E-state index in [-0.39, 0.29) is 44.3 Å². The first kappa shape index (κ1) is 49.4. The standard InChI is InChI=1S/C40H74NO11P/c1-6-8-10-11-12-13-14-15-16-17-19-24-39(45)49-31-34(32-51-53(47,48)50-29-28-41(3,4)5)52-40(46)25-21-20-23-35-36(38(44)30-37(35)43)27-26-33(42)22-18-9-7-2/h20-21,26-27,33-38,42-44H,6-19,22-25,28-32H2,1-5H3/b21-20-,27-26+/t33-,34-,35+,36-,37+,38-/m1/s1. The zero-order chi connectivity index (χ0) is 39.5. The Kier molecular flexibility index (Phi) is 26.8. The molecule has 1 rings (SSSR count). The van der Waals surface area contributed by atoms with E-state index in [2.05, 4.69) is 13.8 Å². The number of carbonyl (C=O) groups excluding carboxylic acids is 2. The fraction of sp³-hybridized carbons (Fsp3) is 0.850. The van der Waals surface area contributed by atoms with Gasteiger partial charge in [-0.25, -0.2) is 0 Å². The van der Waals surface area contributed by atoms with Gasteiger partial charge in [-0.2, -0.15) is 0 Å². The second-order valence-electron chi connectivity index (χ2n) is 15.6. The Bertz CT molecular complexity index is 1080. The average Bonchev–Trinajstić information content (AvgIpc) is 3.36. The van der Waals surface area contributed by atoms with E-state index in [1.54, 1.807) is 24.3 Å². The van der Waals surface area contributed by atoms with Gasteiger partial charge in [0.2, 0.25) is 0 Å². The van der Waals surface area contributed by atoms with Gasteiger partial charge in [0.05, 0.1) is 52.5 Å². The molecule has 13 heteroatoms. The summed E-state index contributed by atoms with van der Waals surface area (Å²) in [6.45, 7) is 3.71. The summed E-state index contributed by atoms with van der Waals surface area (Å²) in [5, 5.41) is 31.4. The number of ether oxygens (including phenoxy) is 2. The number of aliphatic hydroxyl groups is 3. The fourth-order valence-corrected chi connectivity index (χ4v) is 7.00. The van der Waals surface area contributed by atoms with Crippen LogP contribution in [0.2, 0.25) is 0 Å². The van der Waals surface area contributed by atoms with E-state index < -0.39 is 50.8 Å². The van der Waals surface area contributed by atoms with E-state index in [9.17, 15) is 34.4 Å². The first-order valence-electron chi connectivity index (χ1n) is 20.3. The molecule has 12 nitrogen and oxygen atoms in total. The molecule has 0 bridgehead atoms. The largest absolute Gasteiger partial charge is 0.756 e. The molecule has 53 heavy (non-hydrogen) atoms. The van der Waals surface area contributed by atoms with Crippen molar-refractivity contribution >= 4 is 19.8 Å². The van der Waals surface area contributed by atoms with E-state index in [0.717, 1.165) is 38.5 Å². The maximum Gasteiger partial charge on any atom is 0.310 e. The number of quaternary nitrogens is 1. The van der Waals surface area contributed by atoms with Crippen LogP contribution in [0.4, 0.5) is 0 Å². The van der Waals surface area contributed by atoms with Crippen molar-refractivity contribution < 1.29 is 57.4 Å². The zero-order valence-corrected chi connectivity index (χ0v) is 34.4. The molecular formula is C40H74NO11P. The SMILES string of the molecule is CCCCCCCCCCCCCC(=O)OC[C@H](COP(=O)([O-])OCC[N+](C)(C)C)OC(=O)C/C=C\C[C@H]1[C@@H](/C=C/[C@H](O)CCCCC)[C@H](O)C[C@@H]1O. The van der Waals surface area contributed by atoms with Crippen molar-refractivity contribution in [3.8, 4) is 0 Å². The predicted octanol–water partition coefficient (Wildman–Crippen LogP) is 6.54. The summed E-state index contributed by atoms with van der Waals surface area (Å²) >= 11 is 0. The van der Waals surface area contributed by atoms with E-state index in [4.69, 9.17) is 18.5 Å². The van der Waals surface area contributed by atoms with Gasteiger partial charge in [-0.05, 0) is 25.2 Å². The van der Waals surface area contributed by atoms with Crippen LogP contribution >= 0.6 is 7.82 Å². The quantitative estimate of drug-likeness (QED) is 0.0223. The molecule has 0 amide bonds. The molecule has 0 saturated heterocycles. The maximum atomic E-state index is 12.8. The molecule has 1 aliphatic rings. The van der Waals surface area contributed by atoms with Gasteiger partial charge in [0, 0.05) is 18.8 Å². The summed E-state index contributed by atoms with van der Waals surface area (Å²) in [6, 6.07) is 0. The van der Waals surface area contributed by atoms with Crippen LogP contribution < -0.4 is 4.89 Å². The van der Waals surface area contributed by atoms with E-state index in [0.29, 0.717) is 30.3 Å². The topological polar surface area (TPSA) is 172 Å². The van der Waals surface area contributed by atoms with Gasteiger partial charge in [0.25, 0.3) is 7.82 Å². The van der Waals surface area contributed by atoms with Gasteiger partial charge in [-0.3, -0.25) is 14.2 Å². The van der Waals surface area contributed by atoms with Gasteiger partial charge in [0.15, 0.2) is 6.10 Å². The molecule has 310 valence electrons. The molecule has 0 aromatic carbocycles. The molecule has 7 atom stereocenters. The molecule has 3 N–H and O–H groups in total. The third-order valence-corrected chi connectivity index (χ3v) is 10.5. The third-order valence-electron chi connectivity index (χ3n) is 9.58. The third kappa shape index (κ3) is 26.0. The number of unbranched alkanes of at least 4 members (excludes halogenated alkanes) is 12. The lowest BCUT2D eigenvalue weighted by Gasteiger charge is -2.28. The van der Waals surface area contributed by atoms with Crippen molar-refractivity contribution in [1.29, 1.82) is 0 Å². The van der Waals surface area contributed by atoms with Crippen LogP contribution in [-0.2, 0) is 32.7 Å². The molecular weight excluding hydrogens is 701 g/mol. The number of hydrogen-bond acceptors (Lipinski definition) is 11.